The summed E-state index contributed by atoms with van der Waals surface area (Å²) in [6, 6.07) is 0. The zero-order valence-corrected chi connectivity index (χ0v) is 8.04. The van der Waals surface area contributed by atoms with Gasteiger partial charge in [0.1, 0.15) is 0 Å². The summed E-state index contributed by atoms with van der Waals surface area (Å²) in [5.41, 5.74) is 0. The Morgan fingerprint density at radius 1 is 0.500 bits per heavy atom. The molecule has 0 amide bonds. The van der Waals surface area contributed by atoms with Crippen molar-refractivity contribution in [2.45, 2.75) is 0 Å². The summed E-state index contributed by atoms with van der Waals surface area (Å²) in [6.45, 7) is 0. The van der Waals surface area contributed by atoms with Gasteiger partial charge in [0.2, 0.25) is 0 Å². The summed E-state index contributed by atoms with van der Waals surface area (Å²) in [5.74, 6) is 0. The molecule has 6 nitrogen and oxygen atoms in total. The fourth-order valence-electron chi connectivity index (χ4n) is 0. The first-order chi connectivity index (χ1) is 0. The molecule has 8 heteroatoms. The Kier molecular flexibility index (Phi) is 8110. The third-order valence-electron chi connectivity index (χ3n) is 0. The zero-order chi connectivity index (χ0) is 0. The summed E-state index contributed by atoms with van der Waals surface area (Å²) >= 11 is 0. The molecule has 0 aliphatic heterocycles. The normalized spacial score (nSPS) is 0. The Balaban J connectivity index is 0. The molecule has 0 rings (SSSR count). The summed E-state index contributed by atoms with van der Waals surface area (Å²) in [6.07, 6.45) is 0. The van der Waals surface area contributed by atoms with Crippen LogP contribution < -0.4 is 0 Å². The van der Waals surface area contributed by atoms with E-state index >= 15 is 0 Å². The Bertz CT molecular complexity index is 15.7. The van der Waals surface area contributed by atoms with E-state index in [4.69, 9.17) is 0 Å². The summed E-state index contributed by atoms with van der Waals surface area (Å²) < 4.78 is 0. The molecule has 0 aromatic carbocycles. The minimum atomic E-state index is 0. The predicted molar refractivity (Wildman–Crippen MR) is 40.0 cm³/mol. The van der Waals surface area contributed by atoms with Crippen LogP contribution in [0.5, 0.6) is 0 Å². The monoisotopic (exact) mass is 230 g/mol. The average Bonchev–Trinajstić information content (AvgIpc) is 0. The van der Waals surface area contributed by atoms with Gasteiger partial charge in [-0.15, -0.1) is 17.0 Å². The smallest absolute Gasteiger partial charge is 1.00 e. The van der Waals surface area contributed by atoms with Crippen LogP contribution in [0.25, 0.3) is 0 Å². The van der Waals surface area contributed by atoms with Crippen LogP contribution in [0.15, 0.2) is 0 Å². The van der Waals surface area contributed by atoms with E-state index in [1.54, 1.807) is 0 Å². The van der Waals surface area contributed by atoms with Crippen molar-refractivity contribution >= 4 is 54.7 Å². The zero-order valence-electron chi connectivity index (χ0n) is 6.12. The largest absolute Gasteiger partial charge is 2.00 e. The maximum atomic E-state index is 0. The number of hydrogen-bond acceptors (Lipinski definition) is 0. The standard InChI is InChI=1S/BrH.Ca.6H2O.2H/h1H;;6*1H2;;/q;+2;;;;;;;2*-1. The molecule has 0 aliphatic rings. The molecule has 0 saturated heterocycles. The van der Waals surface area contributed by atoms with Crippen LogP contribution in [0.2, 0.25) is 0 Å². The molecule has 0 heterocycles. The molecular weight excluding hydrogens is 216 g/mol. The quantitative estimate of drug-likeness (QED) is 0.363. The first-order valence-electron chi connectivity index (χ1n) is 0. The summed E-state index contributed by atoms with van der Waals surface area (Å²) in [4.78, 5) is 0. The SMILES string of the molecule is Br.O.O.O.O.O.O.[Ca+2].[H-].[H-]. The second-order valence-corrected chi connectivity index (χ2v) is 0. The Morgan fingerprint density at radius 2 is 0.500 bits per heavy atom. The van der Waals surface area contributed by atoms with Crippen LogP contribution in [-0.2, 0) is 0 Å². The second-order valence-electron chi connectivity index (χ2n) is 0. The van der Waals surface area contributed by atoms with Crippen molar-refractivity contribution in [2.75, 3.05) is 0 Å². The minimum Gasteiger partial charge on any atom is -1.00 e. The molecule has 60 valence electrons. The van der Waals surface area contributed by atoms with Gasteiger partial charge in [-0.3, -0.25) is 0 Å². The molecule has 0 aromatic rings. The first-order valence-corrected chi connectivity index (χ1v) is 0. The molecule has 8 heavy (non-hydrogen) atoms. The van der Waals surface area contributed by atoms with Gasteiger partial charge >= 0.3 is 37.7 Å². The van der Waals surface area contributed by atoms with Gasteiger partial charge in [0.15, 0.2) is 0 Å². The van der Waals surface area contributed by atoms with Gasteiger partial charge < -0.3 is 35.7 Å². The van der Waals surface area contributed by atoms with Crippen LogP contribution in [0.3, 0.4) is 0 Å². The minimum absolute atomic E-state index is 0. The van der Waals surface area contributed by atoms with Crippen LogP contribution in [-0.4, -0.2) is 70.6 Å². The van der Waals surface area contributed by atoms with Crippen LogP contribution >= 0.6 is 17.0 Å². The fraction of sp³-hybridized carbons (Fsp3) is 0. The summed E-state index contributed by atoms with van der Waals surface area (Å²) in [7, 11) is 0. The maximum Gasteiger partial charge on any atom is 2.00 e. The van der Waals surface area contributed by atoms with Gasteiger partial charge in [0, 0.05) is 0 Å². The second kappa shape index (κ2) is 213. The van der Waals surface area contributed by atoms with Crippen molar-refractivity contribution in [3.8, 4) is 0 Å². The number of hydrogen-bond donors (Lipinski definition) is 0. The van der Waals surface area contributed by atoms with E-state index in [1.807, 2.05) is 0 Å². The van der Waals surface area contributed by atoms with E-state index in [0.717, 1.165) is 0 Å². The molecule has 0 atom stereocenters. The van der Waals surface area contributed by atoms with Crippen molar-refractivity contribution in [1.82, 2.24) is 0 Å². The molecule has 0 aromatic heterocycles. The molecular formula is H15BrCaO6. The molecule has 0 fully saturated rings. The van der Waals surface area contributed by atoms with E-state index in [2.05, 4.69) is 0 Å². The van der Waals surface area contributed by atoms with Crippen molar-refractivity contribution in [2.24, 2.45) is 0 Å². The van der Waals surface area contributed by atoms with Gasteiger partial charge in [-0.2, -0.15) is 0 Å². The number of rotatable bonds is 0. The Morgan fingerprint density at radius 3 is 0.500 bits per heavy atom. The van der Waals surface area contributed by atoms with Crippen molar-refractivity contribution in [3.63, 3.8) is 0 Å². The van der Waals surface area contributed by atoms with E-state index in [0.29, 0.717) is 0 Å². The molecule has 0 spiro atoms. The third-order valence-corrected chi connectivity index (χ3v) is 0. The Labute approximate surface area is 89.9 Å². The summed E-state index contributed by atoms with van der Waals surface area (Å²) in [5, 5.41) is 0. The van der Waals surface area contributed by atoms with Gasteiger partial charge in [0.05, 0.1) is 0 Å². The molecule has 0 radical (unpaired) electrons. The van der Waals surface area contributed by atoms with Gasteiger partial charge in [-0.25, -0.2) is 0 Å². The van der Waals surface area contributed by atoms with Crippen molar-refractivity contribution in [1.29, 1.82) is 0 Å². The topological polar surface area (TPSA) is 189 Å². The average molecular weight is 231 g/mol. The number of halogens is 1. The van der Waals surface area contributed by atoms with Crippen LogP contribution in [0, 0.1) is 0 Å². The predicted octanol–water partition coefficient (Wildman–Crippen LogP) is -4.53. The fourth-order valence-corrected chi connectivity index (χ4v) is 0. The molecule has 12 N–H and O–H groups in total. The van der Waals surface area contributed by atoms with Crippen LogP contribution in [0.4, 0.5) is 0 Å². The van der Waals surface area contributed by atoms with Gasteiger partial charge in [-0.1, -0.05) is 0 Å². The van der Waals surface area contributed by atoms with E-state index in [-0.39, 0.29) is 90.4 Å². The van der Waals surface area contributed by atoms with Crippen molar-refractivity contribution in [3.05, 3.63) is 0 Å². The first kappa shape index (κ1) is 305. The maximum absolute atomic E-state index is 0. The molecule has 0 saturated carbocycles. The van der Waals surface area contributed by atoms with E-state index in [9.17, 15) is 0 Å². The van der Waals surface area contributed by atoms with Crippen molar-refractivity contribution < 1.29 is 35.7 Å². The van der Waals surface area contributed by atoms with E-state index in [1.165, 1.54) is 0 Å². The molecule has 0 unspecified atom stereocenters. The molecule has 0 bridgehead atoms. The van der Waals surface area contributed by atoms with Gasteiger partial charge in [-0.05, 0) is 0 Å². The molecule has 0 aliphatic carbocycles. The van der Waals surface area contributed by atoms with Crippen LogP contribution in [0.1, 0.15) is 2.85 Å². The van der Waals surface area contributed by atoms with Gasteiger partial charge in [0.25, 0.3) is 0 Å². The van der Waals surface area contributed by atoms with E-state index < -0.39 is 0 Å². The third kappa shape index (κ3) is 141. The Hall–Kier alpha value is 1.50.